The number of rotatable bonds is 8. The molecule has 0 saturated carbocycles. The molecular formula is C30H34ClN5O5S. The van der Waals surface area contributed by atoms with Crippen LogP contribution in [0.3, 0.4) is 0 Å². The molecule has 10 nitrogen and oxygen atoms in total. The van der Waals surface area contributed by atoms with Crippen LogP contribution < -0.4 is 14.4 Å². The molecule has 3 heterocycles. The van der Waals surface area contributed by atoms with Crippen LogP contribution in [0, 0.1) is 0 Å². The monoisotopic (exact) mass is 611 g/mol. The van der Waals surface area contributed by atoms with Gasteiger partial charge in [-0.3, -0.25) is 4.79 Å². The molecule has 5 rings (SSSR count). The minimum atomic E-state index is -0.332. The standard InChI is InChI=1S/C30H34ClN5O5S/c1-4-41-30(38)35-12-10-34(11-13-35)28(37)22-7-5-6-20(14-22)19-42-29-32-26(31)17-27(33-29)36-9-8-21-15-24(39-2)25(40-3)16-23(21)18-36/h5-7,14-17H,4,8-13,18-19H2,1-3H3. The number of benzene rings is 2. The third kappa shape index (κ3) is 6.84. The van der Waals surface area contributed by atoms with Crippen LogP contribution in [0.25, 0.3) is 0 Å². The van der Waals surface area contributed by atoms with Crippen molar-refractivity contribution in [3.63, 3.8) is 0 Å². The number of fused-ring (bicyclic) bond motifs is 1. The fourth-order valence-electron chi connectivity index (χ4n) is 5.12. The molecule has 42 heavy (non-hydrogen) atoms. The van der Waals surface area contributed by atoms with Gasteiger partial charge in [-0.1, -0.05) is 35.5 Å². The first kappa shape index (κ1) is 29.8. The smallest absolute Gasteiger partial charge is 0.409 e. The Morgan fingerprint density at radius 1 is 0.929 bits per heavy atom. The number of amides is 2. The van der Waals surface area contributed by atoms with Crippen molar-refractivity contribution in [2.75, 3.05) is 58.5 Å². The highest BCUT2D eigenvalue weighted by molar-refractivity contribution is 7.98. The number of aromatic nitrogens is 2. The summed E-state index contributed by atoms with van der Waals surface area (Å²) in [5, 5.41) is 0.953. The summed E-state index contributed by atoms with van der Waals surface area (Å²) in [5.41, 5.74) is 3.99. The Balaban J connectivity index is 1.22. The number of hydrogen-bond donors (Lipinski definition) is 0. The first-order valence-electron chi connectivity index (χ1n) is 13.8. The van der Waals surface area contributed by atoms with E-state index in [1.54, 1.807) is 37.0 Å². The summed E-state index contributed by atoms with van der Waals surface area (Å²) in [5.74, 6) is 2.73. The number of methoxy groups -OCH3 is 2. The molecule has 1 fully saturated rings. The van der Waals surface area contributed by atoms with E-state index < -0.39 is 0 Å². The van der Waals surface area contributed by atoms with Gasteiger partial charge in [0.1, 0.15) is 11.0 Å². The fraction of sp³-hybridized carbons (Fsp3) is 0.400. The number of piperazine rings is 1. The van der Waals surface area contributed by atoms with Crippen molar-refractivity contribution in [3.05, 3.63) is 69.9 Å². The Bertz CT molecular complexity index is 1450. The fourth-order valence-corrected chi connectivity index (χ4v) is 6.15. The van der Waals surface area contributed by atoms with E-state index in [1.807, 2.05) is 36.4 Å². The van der Waals surface area contributed by atoms with Gasteiger partial charge < -0.3 is 28.9 Å². The Morgan fingerprint density at radius 2 is 1.64 bits per heavy atom. The molecule has 2 aliphatic heterocycles. The van der Waals surface area contributed by atoms with Gasteiger partial charge in [0.25, 0.3) is 5.91 Å². The second-order valence-electron chi connectivity index (χ2n) is 9.95. The van der Waals surface area contributed by atoms with E-state index in [0.717, 1.165) is 35.7 Å². The lowest BCUT2D eigenvalue weighted by molar-refractivity contribution is 0.0570. The molecule has 0 bridgehead atoms. The maximum Gasteiger partial charge on any atom is 0.409 e. The lowest BCUT2D eigenvalue weighted by Crippen LogP contribution is -2.50. The van der Waals surface area contributed by atoms with Gasteiger partial charge in [-0.15, -0.1) is 0 Å². The molecular weight excluding hydrogens is 578 g/mol. The molecule has 0 atom stereocenters. The third-order valence-corrected chi connectivity index (χ3v) is 8.45. The van der Waals surface area contributed by atoms with Crippen LogP contribution in [0.5, 0.6) is 11.5 Å². The van der Waals surface area contributed by atoms with Crippen molar-refractivity contribution in [2.24, 2.45) is 0 Å². The van der Waals surface area contributed by atoms with Crippen LogP contribution in [0.2, 0.25) is 5.15 Å². The van der Waals surface area contributed by atoms with Crippen LogP contribution in [-0.4, -0.2) is 85.3 Å². The minimum absolute atomic E-state index is 0.0497. The number of ether oxygens (including phenoxy) is 3. The highest BCUT2D eigenvalue weighted by atomic mass is 35.5. The summed E-state index contributed by atoms with van der Waals surface area (Å²) in [4.78, 5) is 40.0. The Morgan fingerprint density at radius 3 is 2.36 bits per heavy atom. The molecule has 1 aromatic heterocycles. The number of nitrogens with zero attached hydrogens (tertiary/aromatic N) is 5. The maximum atomic E-state index is 13.2. The largest absolute Gasteiger partial charge is 0.493 e. The molecule has 12 heteroatoms. The third-order valence-electron chi connectivity index (χ3n) is 7.34. The van der Waals surface area contributed by atoms with Crippen molar-refractivity contribution < 1.29 is 23.8 Å². The second kappa shape index (κ2) is 13.5. The van der Waals surface area contributed by atoms with Crippen LogP contribution in [-0.2, 0) is 23.5 Å². The quantitative estimate of drug-likeness (QED) is 0.200. The van der Waals surface area contributed by atoms with E-state index in [2.05, 4.69) is 9.88 Å². The van der Waals surface area contributed by atoms with E-state index in [1.165, 1.54) is 17.3 Å². The van der Waals surface area contributed by atoms with Gasteiger partial charge in [-0.05, 0) is 54.3 Å². The highest BCUT2D eigenvalue weighted by Gasteiger charge is 2.26. The van der Waals surface area contributed by atoms with Crippen LogP contribution in [0.4, 0.5) is 10.6 Å². The molecule has 0 spiro atoms. The molecule has 1 saturated heterocycles. The lowest BCUT2D eigenvalue weighted by Gasteiger charge is -2.34. The summed E-state index contributed by atoms with van der Waals surface area (Å²) in [6.45, 7) is 5.43. The first-order chi connectivity index (χ1) is 20.4. The molecule has 0 radical (unpaired) electrons. The average Bonchev–Trinajstić information content (AvgIpc) is 3.02. The number of anilines is 1. The second-order valence-corrected chi connectivity index (χ2v) is 11.3. The summed E-state index contributed by atoms with van der Waals surface area (Å²) in [6, 6.07) is 13.4. The van der Waals surface area contributed by atoms with Crippen molar-refractivity contribution in [1.82, 2.24) is 19.8 Å². The predicted octanol–water partition coefficient (Wildman–Crippen LogP) is 4.92. The van der Waals surface area contributed by atoms with Crippen molar-refractivity contribution >= 4 is 41.2 Å². The maximum absolute atomic E-state index is 13.2. The number of carbonyl (C=O) groups excluding carboxylic acids is 2. The van der Waals surface area contributed by atoms with Crippen LogP contribution >= 0.6 is 23.4 Å². The molecule has 3 aromatic rings. The Hall–Kier alpha value is -3.70. The average molecular weight is 612 g/mol. The van der Waals surface area contributed by atoms with Gasteiger partial charge in [0.2, 0.25) is 0 Å². The topological polar surface area (TPSA) is 97.3 Å². The lowest BCUT2D eigenvalue weighted by atomic mass is 9.99. The molecule has 0 unspecified atom stereocenters. The summed E-state index contributed by atoms with van der Waals surface area (Å²) in [7, 11) is 3.28. The van der Waals surface area contributed by atoms with Crippen molar-refractivity contribution in [2.45, 2.75) is 30.8 Å². The highest BCUT2D eigenvalue weighted by Crippen LogP contribution is 2.35. The molecule has 2 aromatic carbocycles. The number of hydrogen-bond acceptors (Lipinski definition) is 9. The molecule has 2 aliphatic rings. The molecule has 222 valence electrons. The zero-order valence-electron chi connectivity index (χ0n) is 24.0. The number of halogens is 1. The molecule has 2 amide bonds. The van der Waals surface area contributed by atoms with Gasteiger partial charge >= 0.3 is 6.09 Å². The van der Waals surface area contributed by atoms with Gasteiger partial charge in [0.15, 0.2) is 16.7 Å². The Kier molecular flexibility index (Phi) is 9.58. The van der Waals surface area contributed by atoms with Gasteiger partial charge in [-0.25, -0.2) is 14.8 Å². The van der Waals surface area contributed by atoms with E-state index in [0.29, 0.717) is 66.7 Å². The summed E-state index contributed by atoms with van der Waals surface area (Å²) < 4.78 is 16.0. The molecule has 0 N–H and O–H groups in total. The van der Waals surface area contributed by atoms with E-state index in [4.69, 9.17) is 30.8 Å². The zero-order valence-corrected chi connectivity index (χ0v) is 25.5. The van der Waals surface area contributed by atoms with Crippen LogP contribution in [0.15, 0.2) is 47.6 Å². The van der Waals surface area contributed by atoms with E-state index in [9.17, 15) is 9.59 Å². The van der Waals surface area contributed by atoms with Gasteiger partial charge in [0.05, 0.1) is 20.8 Å². The van der Waals surface area contributed by atoms with E-state index in [-0.39, 0.29) is 12.0 Å². The first-order valence-corrected chi connectivity index (χ1v) is 15.2. The van der Waals surface area contributed by atoms with Crippen molar-refractivity contribution in [1.29, 1.82) is 0 Å². The summed E-state index contributed by atoms with van der Waals surface area (Å²) in [6.07, 6.45) is 0.513. The SMILES string of the molecule is CCOC(=O)N1CCN(C(=O)c2cccc(CSc3nc(Cl)cc(N4CCc5cc(OC)c(OC)cc5C4)n3)c2)CC1. The number of thioether (sulfide) groups is 1. The van der Waals surface area contributed by atoms with Gasteiger partial charge in [0, 0.05) is 56.7 Å². The predicted molar refractivity (Wildman–Crippen MR) is 162 cm³/mol. The van der Waals surface area contributed by atoms with Crippen molar-refractivity contribution in [3.8, 4) is 11.5 Å². The number of carbonyl (C=O) groups is 2. The normalized spacial score (nSPS) is 14.8. The van der Waals surface area contributed by atoms with Crippen LogP contribution in [0.1, 0.15) is 34.0 Å². The Labute approximate surface area is 254 Å². The zero-order chi connectivity index (χ0) is 29.6. The molecule has 0 aliphatic carbocycles. The summed E-state index contributed by atoms with van der Waals surface area (Å²) >= 11 is 7.90. The van der Waals surface area contributed by atoms with E-state index >= 15 is 0 Å². The van der Waals surface area contributed by atoms with Gasteiger partial charge in [-0.2, -0.15) is 0 Å². The minimum Gasteiger partial charge on any atom is -0.493 e.